The van der Waals surface area contributed by atoms with Gasteiger partial charge in [0, 0.05) is 0 Å². The zero-order valence-electron chi connectivity index (χ0n) is 6.84. The third-order valence-corrected chi connectivity index (χ3v) is 3.19. The predicted octanol–water partition coefficient (Wildman–Crippen LogP) is 2.55. The number of fused-ring (bicyclic) bond motifs is 1. The molecule has 1 aromatic heterocycles. The van der Waals surface area contributed by atoms with Gasteiger partial charge in [0.15, 0.2) is 5.13 Å². The highest BCUT2D eigenvalue weighted by atomic mass is 35.5. The van der Waals surface area contributed by atoms with Crippen LogP contribution in [0.1, 0.15) is 5.56 Å². The lowest BCUT2D eigenvalue weighted by Crippen LogP contribution is -1.81. The average molecular weight is 215 g/mol. The number of phenolic OH excluding ortho intramolecular Hbond substituents is 1. The van der Waals surface area contributed by atoms with E-state index in [0.29, 0.717) is 10.2 Å². The zero-order valence-corrected chi connectivity index (χ0v) is 8.41. The summed E-state index contributed by atoms with van der Waals surface area (Å²) in [4.78, 5) is 4.12. The van der Waals surface area contributed by atoms with E-state index < -0.39 is 0 Å². The van der Waals surface area contributed by atoms with Crippen LogP contribution < -0.4 is 5.73 Å². The van der Waals surface area contributed by atoms with Gasteiger partial charge in [0.05, 0.1) is 10.2 Å². The van der Waals surface area contributed by atoms with Crippen molar-refractivity contribution in [2.45, 2.75) is 6.92 Å². The number of benzene rings is 1. The first kappa shape index (κ1) is 8.59. The Hall–Kier alpha value is -1.00. The van der Waals surface area contributed by atoms with Crippen LogP contribution in [-0.2, 0) is 0 Å². The fourth-order valence-electron chi connectivity index (χ4n) is 1.21. The fourth-order valence-corrected chi connectivity index (χ4v) is 2.31. The number of hydrogen-bond acceptors (Lipinski definition) is 4. The first-order chi connectivity index (χ1) is 6.09. The molecule has 2 aromatic rings. The highest BCUT2D eigenvalue weighted by Gasteiger charge is 2.11. The van der Waals surface area contributed by atoms with Crippen molar-refractivity contribution < 1.29 is 5.11 Å². The van der Waals surface area contributed by atoms with Crippen LogP contribution in [0.5, 0.6) is 5.75 Å². The monoisotopic (exact) mass is 214 g/mol. The van der Waals surface area contributed by atoms with Gasteiger partial charge < -0.3 is 10.8 Å². The highest BCUT2D eigenvalue weighted by Crippen LogP contribution is 2.38. The molecule has 5 heteroatoms. The summed E-state index contributed by atoms with van der Waals surface area (Å²) in [5.41, 5.74) is 7.19. The van der Waals surface area contributed by atoms with Gasteiger partial charge in [-0.05, 0) is 18.6 Å². The maximum absolute atomic E-state index is 9.41. The van der Waals surface area contributed by atoms with Crippen molar-refractivity contribution in [3.8, 4) is 5.75 Å². The number of anilines is 1. The van der Waals surface area contributed by atoms with E-state index in [1.807, 2.05) is 6.92 Å². The van der Waals surface area contributed by atoms with Crippen LogP contribution in [0.4, 0.5) is 5.13 Å². The van der Waals surface area contributed by atoms with Crippen molar-refractivity contribution in [2.75, 3.05) is 5.73 Å². The molecule has 0 saturated carbocycles. The number of nitrogens with zero attached hydrogens (tertiary/aromatic N) is 1. The first-order valence-corrected chi connectivity index (χ1v) is 4.83. The van der Waals surface area contributed by atoms with E-state index in [4.69, 9.17) is 17.3 Å². The molecule has 0 bridgehead atoms. The van der Waals surface area contributed by atoms with Gasteiger partial charge in [0.1, 0.15) is 10.8 Å². The van der Waals surface area contributed by atoms with Crippen LogP contribution in [0.3, 0.4) is 0 Å². The Balaban J connectivity index is 2.95. The summed E-state index contributed by atoms with van der Waals surface area (Å²) in [6.45, 7) is 1.86. The number of phenols is 1. The molecule has 0 unspecified atom stereocenters. The Kier molecular flexibility index (Phi) is 1.82. The Morgan fingerprint density at radius 1 is 1.62 bits per heavy atom. The summed E-state index contributed by atoms with van der Waals surface area (Å²) in [5.74, 6) is 0.0790. The minimum Gasteiger partial charge on any atom is -0.506 e. The normalized spacial score (nSPS) is 10.9. The topological polar surface area (TPSA) is 59.1 Å². The molecule has 1 aromatic carbocycles. The average Bonchev–Trinajstić information content (AvgIpc) is 2.44. The second-order valence-corrected chi connectivity index (χ2v) is 4.17. The quantitative estimate of drug-likeness (QED) is 0.709. The summed E-state index contributed by atoms with van der Waals surface area (Å²) in [7, 11) is 0. The number of halogens is 1. The number of nitrogen functional groups attached to an aromatic ring is 1. The van der Waals surface area contributed by atoms with E-state index in [1.165, 1.54) is 11.3 Å². The molecule has 0 atom stereocenters. The second kappa shape index (κ2) is 2.75. The molecule has 0 amide bonds. The Morgan fingerprint density at radius 2 is 2.31 bits per heavy atom. The number of aromatic hydroxyl groups is 1. The van der Waals surface area contributed by atoms with E-state index in [2.05, 4.69) is 4.98 Å². The smallest absolute Gasteiger partial charge is 0.181 e. The van der Waals surface area contributed by atoms with Gasteiger partial charge in [0.2, 0.25) is 0 Å². The van der Waals surface area contributed by atoms with Crippen molar-refractivity contribution in [3.63, 3.8) is 0 Å². The molecule has 0 radical (unpaired) electrons. The van der Waals surface area contributed by atoms with Gasteiger partial charge in [-0.15, -0.1) is 0 Å². The van der Waals surface area contributed by atoms with Crippen molar-refractivity contribution in [1.82, 2.24) is 4.98 Å². The van der Waals surface area contributed by atoms with Gasteiger partial charge in [-0.1, -0.05) is 22.9 Å². The zero-order chi connectivity index (χ0) is 9.59. The third kappa shape index (κ3) is 1.22. The summed E-state index contributed by atoms with van der Waals surface area (Å²) in [6.07, 6.45) is 0. The van der Waals surface area contributed by atoms with Crippen LogP contribution in [0, 0.1) is 6.92 Å². The lowest BCUT2D eigenvalue weighted by Gasteiger charge is -1.99. The fraction of sp³-hybridized carbons (Fsp3) is 0.125. The number of rotatable bonds is 0. The van der Waals surface area contributed by atoms with Gasteiger partial charge in [0.25, 0.3) is 0 Å². The third-order valence-electron chi connectivity index (χ3n) is 1.79. The van der Waals surface area contributed by atoms with Crippen molar-refractivity contribution >= 4 is 38.3 Å². The molecule has 0 aliphatic rings. The second-order valence-electron chi connectivity index (χ2n) is 2.76. The van der Waals surface area contributed by atoms with E-state index in [0.717, 1.165) is 15.8 Å². The minimum absolute atomic E-state index is 0.0790. The summed E-state index contributed by atoms with van der Waals surface area (Å²) < 4.78 is 0.747. The summed E-state index contributed by atoms with van der Waals surface area (Å²) in [5, 5.41) is 10.2. The molecule has 0 aliphatic carbocycles. The molecule has 3 nitrogen and oxygen atoms in total. The molecular weight excluding hydrogens is 208 g/mol. The van der Waals surface area contributed by atoms with Gasteiger partial charge in [-0.3, -0.25) is 0 Å². The summed E-state index contributed by atoms with van der Waals surface area (Å²) >= 11 is 7.16. The molecule has 0 fully saturated rings. The number of aryl methyl sites for hydroxylation is 1. The minimum atomic E-state index is 0.0790. The largest absolute Gasteiger partial charge is 0.506 e. The van der Waals surface area contributed by atoms with E-state index in [-0.39, 0.29) is 5.75 Å². The molecule has 1 heterocycles. The van der Waals surface area contributed by atoms with Crippen LogP contribution in [0.2, 0.25) is 5.02 Å². The Labute approximate surface area is 83.8 Å². The lowest BCUT2D eigenvalue weighted by atomic mass is 10.2. The molecule has 3 N–H and O–H groups in total. The summed E-state index contributed by atoms with van der Waals surface area (Å²) in [6, 6.07) is 1.59. The Morgan fingerprint density at radius 3 is 3.00 bits per heavy atom. The molecule has 68 valence electrons. The highest BCUT2D eigenvalue weighted by molar-refractivity contribution is 7.22. The predicted molar refractivity (Wildman–Crippen MR) is 55.4 cm³/mol. The Bertz CT molecular complexity index is 480. The van der Waals surface area contributed by atoms with E-state index >= 15 is 0 Å². The maximum atomic E-state index is 9.41. The number of nitrogens with two attached hydrogens (primary N) is 1. The van der Waals surface area contributed by atoms with Crippen molar-refractivity contribution in [2.24, 2.45) is 0 Å². The SMILES string of the molecule is Cc1cc(O)c(Cl)c2sc(N)nc12. The van der Waals surface area contributed by atoms with Gasteiger partial charge in [-0.2, -0.15) is 0 Å². The molecule has 0 saturated heterocycles. The van der Waals surface area contributed by atoms with E-state index in [1.54, 1.807) is 6.07 Å². The van der Waals surface area contributed by atoms with Crippen molar-refractivity contribution in [1.29, 1.82) is 0 Å². The standard InChI is InChI=1S/C8H7ClN2OS/c1-3-2-4(12)5(9)7-6(3)11-8(10)13-7/h2,12H,1H3,(H2,10,11). The first-order valence-electron chi connectivity index (χ1n) is 3.63. The van der Waals surface area contributed by atoms with Crippen molar-refractivity contribution in [3.05, 3.63) is 16.7 Å². The van der Waals surface area contributed by atoms with Gasteiger partial charge in [-0.25, -0.2) is 4.98 Å². The van der Waals surface area contributed by atoms with Crippen LogP contribution in [0.25, 0.3) is 10.2 Å². The van der Waals surface area contributed by atoms with Crippen LogP contribution in [-0.4, -0.2) is 10.1 Å². The number of thiazole rings is 1. The lowest BCUT2D eigenvalue weighted by molar-refractivity contribution is 0.476. The van der Waals surface area contributed by atoms with E-state index in [9.17, 15) is 5.11 Å². The van der Waals surface area contributed by atoms with Gasteiger partial charge >= 0.3 is 0 Å². The molecule has 2 rings (SSSR count). The molecule has 0 aliphatic heterocycles. The number of hydrogen-bond donors (Lipinski definition) is 2. The van der Waals surface area contributed by atoms with Crippen LogP contribution in [0.15, 0.2) is 6.07 Å². The molecule has 13 heavy (non-hydrogen) atoms. The molecule has 0 spiro atoms. The van der Waals surface area contributed by atoms with Crippen LogP contribution >= 0.6 is 22.9 Å². The molecular formula is C8H7ClN2OS. The number of aromatic nitrogens is 1. The maximum Gasteiger partial charge on any atom is 0.181 e.